The van der Waals surface area contributed by atoms with Gasteiger partial charge in [0.1, 0.15) is 24.0 Å². The summed E-state index contributed by atoms with van der Waals surface area (Å²) in [6, 6.07) is 25.2. The second kappa shape index (κ2) is 8.87. The molecule has 0 bridgehead atoms. The van der Waals surface area contributed by atoms with Gasteiger partial charge in [-0.3, -0.25) is 0 Å². The molecule has 3 fully saturated rings. The van der Waals surface area contributed by atoms with Crippen molar-refractivity contribution in [3.63, 3.8) is 0 Å². The van der Waals surface area contributed by atoms with Gasteiger partial charge >= 0.3 is 0 Å². The Morgan fingerprint density at radius 1 is 1.00 bits per heavy atom. The van der Waals surface area contributed by atoms with Crippen LogP contribution in [-0.2, 0) is 14.9 Å². The summed E-state index contributed by atoms with van der Waals surface area (Å²) >= 11 is 0. The van der Waals surface area contributed by atoms with E-state index in [1.54, 1.807) is 7.11 Å². The first-order chi connectivity index (χ1) is 16.1. The highest BCUT2D eigenvalue weighted by atomic mass is 16.5. The van der Waals surface area contributed by atoms with E-state index >= 15 is 0 Å². The lowest BCUT2D eigenvalue weighted by molar-refractivity contribution is -1.03. The highest BCUT2D eigenvalue weighted by molar-refractivity contribution is 5.46. The van der Waals surface area contributed by atoms with Crippen molar-refractivity contribution in [1.29, 1.82) is 5.26 Å². The van der Waals surface area contributed by atoms with Crippen molar-refractivity contribution in [2.45, 2.75) is 49.6 Å². The summed E-state index contributed by atoms with van der Waals surface area (Å²) < 4.78 is 12.1. The van der Waals surface area contributed by atoms with Crippen molar-refractivity contribution in [3.05, 3.63) is 71.8 Å². The second-order valence-corrected chi connectivity index (χ2v) is 10.7. The van der Waals surface area contributed by atoms with E-state index < -0.39 is 5.41 Å². The molecule has 2 aliphatic carbocycles. The quantitative estimate of drug-likeness (QED) is 0.384. The highest BCUT2D eigenvalue weighted by Crippen LogP contribution is 2.70. The Morgan fingerprint density at radius 3 is 2.21 bits per heavy atom. The van der Waals surface area contributed by atoms with Crippen molar-refractivity contribution >= 4 is 0 Å². The normalized spacial score (nSPS) is 32.2. The molecule has 1 saturated heterocycles. The van der Waals surface area contributed by atoms with Crippen LogP contribution in [0.2, 0.25) is 0 Å². The maximum absolute atomic E-state index is 10.6. The van der Waals surface area contributed by atoms with Crippen LogP contribution >= 0.6 is 0 Å². The van der Waals surface area contributed by atoms with Crippen LogP contribution in [0, 0.1) is 22.7 Å². The molecule has 0 aromatic heterocycles. The average molecular weight is 446 g/mol. The lowest BCUT2D eigenvalue weighted by Crippen LogP contribution is -2.83. The summed E-state index contributed by atoms with van der Waals surface area (Å²) in [5.41, 5.74) is 2.19. The van der Waals surface area contributed by atoms with Gasteiger partial charge in [0, 0.05) is 20.0 Å². The molecule has 4 nitrogen and oxygen atoms in total. The standard InChI is InChI=1S/C29H37N2O2/c1-31(15-16-33-18-17-32-2)26-13-14-28(26)20-23(19-27(28)31)21-29(22-30,24-9-5-3-6-10-24)25-11-7-4-8-12-25/h3-12,23,26-27H,13-21H2,1-2H3/q+1/t23-,26-,27-,28?,31?/m0/s1. The van der Waals surface area contributed by atoms with Gasteiger partial charge < -0.3 is 14.0 Å². The number of piperidine rings is 1. The molecule has 5 atom stereocenters. The number of hydrogen-bond acceptors (Lipinski definition) is 3. The van der Waals surface area contributed by atoms with Crippen molar-refractivity contribution in [3.8, 4) is 6.07 Å². The number of methoxy groups -OCH3 is 1. The fourth-order valence-corrected chi connectivity index (χ4v) is 7.85. The molecule has 4 heteroatoms. The molecular weight excluding hydrogens is 408 g/mol. The largest absolute Gasteiger partial charge is 0.382 e. The number of likely N-dealkylation sites (tertiary alicyclic amines) is 1. The zero-order valence-electron chi connectivity index (χ0n) is 20.1. The van der Waals surface area contributed by atoms with Crippen LogP contribution in [0.25, 0.3) is 0 Å². The lowest BCUT2D eigenvalue weighted by atomic mass is 9.51. The number of quaternary nitrogens is 1. The lowest BCUT2D eigenvalue weighted by Gasteiger charge is -2.71. The molecule has 33 heavy (non-hydrogen) atoms. The van der Waals surface area contributed by atoms with Gasteiger partial charge in [0.25, 0.3) is 0 Å². The Labute approximate surface area is 198 Å². The van der Waals surface area contributed by atoms with Crippen molar-refractivity contribution < 1.29 is 14.0 Å². The average Bonchev–Trinajstić information content (AvgIpc) is 3.23. The molecule has 5 rings (SSSR count). The van der Waals surface area contributed by atoms with Gasteiger partial charge in [0.05, 0.1) is 38.4 Å². The van der Waals surface area contributed by atoms with Crippen molar-refractivity contribution in [2.75, 3.05) is 40.5 Å². The summed E-state index contributed by atoms with van der Waals surface area (Å²) in [5.74, 6) is 0.576. The van der Waals surface area contributed by atoms with E-state index in [9.17, 15) is 5.26 Å². The molecule has 1 aliphatic heterocycles. The zero-order valence-corrected chi connectivity index (χ0v) is 20.1. The Balaban J connectivity index is 1.36. The van der Waals surface area contributed by atoms with Crippen LogP contribution in [0.5, 0.6) is 0 Å². The number of hydrogen-bond donors (Lipinski definition) is 0. The van der Waals surface area contributed by atoms with Crippen molar-refractivity contribution in [2.24, 2.45) is 11.3 Å². The monoisotopic (exact) mass is 445 g/mol. The summed E-state index contributed by atoms with van der Waals surface area (Å²) in [5, 5.41) is 10.6. The first-order valence-electron chi connectivity index (χ1n) is 12.5. The van der Waals surface area contributed by atoms with Gasteiger partial charge in [-0.15, -0.1) is 0 Å². The van der Waals surface area contributed by atoms with E-state index in [1.807, 2.05) is 12.1 Å². The number of likely N-dealkylation sites (N-methyl/N-ethyl adjacent to an activating group) is 1. The zero-order chi connectivity index (χ0) is 22.9. The summed E-state index contributed by atoms with van der Waals surface area (Å²) in [4.78, 5) is 0. The van der Waals surface area contributed by atoms with Crippen molar-refractivity contribution in [1.82, 2.24) is 0 Å². The van der Waals surface area contributed by atoms with Crippen LogP contribution in [0.4, 0.5) is 0 Å². The van der Waals surface area contributed by atoms with E-state index in [2.05, 4.69) is 61.6 Å². The SMILES string of the molecule is COCCOCC[N+]1(C)[C@H]2CCC23C[C@@H](CC(C#N)(c2ccccc2)c2ccccc2)C[C@@H]31. The van der Waals surface area contributed by atoms with Crippen LogP contribution in [0.1, 0.15) is 43.2 Å². The van der Waals surface area contributed by atoms with Gasteiger partial charge in [-0.1, -0.05) is 60.7 Å². The minimum Gasteiger partial charge on any atom is -0.382 e. The predicted octanol–water partition coefficient (Wildman–Crippen LogP) is 4.94. The first kappa shape index (κ1) is 22.6. The molecular formula is C29H37N2O2+. The molecule has 2 saturated carbocycles. The topological polar surface area (TPSA) is 42.2 Å². The third kappa shape index (κ3) is 3.53. The van der Waals surface area contributed by atoms with E-state index in [-0.39, 0.29) is 0 Å². The summed E-state index contributed by atoms with van der Waals surface area (Å²) in [7, 11) is 4.18. The third-order valence-electron chi connectivity index (χ3n) is 9.33. The van der Waals surface area contributed by atoms with Crippen LogP contribution in [0.3, 0.4) is 0 Å². The van der Waals surface area contributed by atoms with Gasteiger partial charge in [-0.05, 0) is 36.3 Å². The van der Waals surface area contributed by atoms with Gasteiger partial charge in [-0.25, -0.2) is 0 Å². The van der Waals surface area contributed by atoms with Crippen LogP contribution in [-0.4, -0.2) is 57.1 Å². The van der Waals surface area contributed by atoms with Gasteiger partial charge in [-0.2, -0.15) is 5.26 Å². The second-order valence-electron chi connectivity index (χ2n) is 10.7. The minimum atomic E-state index is -0.584. The summed E-state index contributed by atoms with van der Waals surface area (Å²) in [6.07, 6.45) is 6.14. The molecule has 2 aromatic rings. The number of ether oxygens (including phenoxy) is 2. The molecule has 2 aromatic carbocycles. The fourth-order valence-electron chi connectivity index (χ4n) is 7.85. The Hall–Kier alpha value is -2.19. The molecule has 0 amide bonds. The Bertz CT molecular complexity index is 948. The number of rotatable bonds is 10. The number of nitriles is 1. The highest BCUT2D eigenvalue weighted by Gasteiger charge is 2.77. The molecule has 0 radical (unpaired) electrons. The minimum absolute atomic E-state index is 0.514. The Kier molecular flexibility index (Phi) is 6.07. The Morgan fingerprint density at radius 2 is 1.67 bits per heavy atom. The molecule has 0 N–H and O–H groups in total. The van der Waals surface area contributed by atoms with Gasteiger partial charge in [0.2, 0.25) is 0 Å². The smallest absolute Gasteiger partial charge is 0.107 e. The van der Waals surface area contributed by atoms with E-state index in [1.165, 1.54) is 30.2 Å². The molecule has 174 valence electrons. The molecule has 1 heterocycles. The molecule has 1 spiro atoms. The maximum Gasteiger partial charge on any atom is 0.107 e. The first-order valence-corrected chi connectivity index (χ1v) is 12.5. The molecule has 2 unspecified atom stereocenters. The third-order valence-corrected chi connectivity index (χ3v) is 9.33. The maximum atomic E-state index is 10.6. The van der Waals surface area contributed by atoms with Crippen LogP contribution < -0.4 is 0 Å². The van der Waals surface area contributed by atoms with Gasteiger partial charge in [0.15, 0.2) is 0 Å². The number of benzene rings is 2. The summed E-state index contributed by atoms with van der Waals surface area (Å²) in [6.45, 7) is 3.24. The molecule has 3 aliphatic rings. The predicted molar refractivity (Wildman–Crippen MR) is 130 cm³/mol. The fraction of sp³-hybridized carbons (Fsp3) is 0.552. The van der Waals surface area contributed by atoms with E-state index in [0.29, 0.717) is 24.5 Å². The van der Waals surface area contributed by atoms with Crippen LogP contribution in [0.15, 0.2) is 60.7 Å². The van der Waals surface area contributed by atoms with E-state index in [0.717, 1.165) is 42.8 Å². The number of nitrogens with zero attached hydrogens (tertiary/aromatic N) is 2. The van der Waals surface area contributed by atoms with E-state index in [4.69, 9.17) is 9.47 Å².